The number of aromatic nitrogens is 1. The van der Waals surface area contributed by atoms with Gasteiger partial charge in [-0.3, -0.25) is 14.6 Å². The van der Waals surface area contributed by atoms with Crippen molar-refractivity contribution >= 4 is 23.9 Å². The molecule has 0 spiro atoms. The molecule has 0 saturated carbocycles. The van der Waals surface area contributed by atoms with Gasteiger partial charge < -0.3 is 20.3 Å². The third kappa shape index (κ3) is 7.43. The van der Waals surface area contributed by atoms with Crippen molar-refractivity contribution in [1.82, 2.24) is 10.3 Å². The van der Waals surface area contributed by atoms with E-state index in [-0.39, 0.29) is 18.5 Å². The summed E-state index contributed by atoms with van der Waals surface area (Å²) in [6.45, 7) is 3.28. The van der Waals surface area contributed by atoms with Gasteiger partial charge in [-0.05, 0) is 32.4 Å². The second-order valence-corrected chi connectivity index (χ2v) is 5.81. The molecule has 1 aromatic rings. The third-order valence-corrected chi connectivity index (χ3v) is 3.33. The maximum Gasteiger partial charge on any atom is 0.328 e. The highest BCUT2D eigenvalue weighted by atomic mass is 19.1. The number of ether oxygens (including phenoxy) is 2. The number of carbonyl (C=O) groups excluding carboxylic acids is 3. The Labute approximate surface area is 155 Å². The van der Waals surface area contributed by atoms with Crippen molar-refractivity contribution in [2.45, 2.75) is 44.9 Å². The maximum absolute atomic E-state index is 13.0. The molecular formula is C17H21FN4O5. The van der Waals surface area contributed by atoms with Crippen molar-refractivity contribution in [1.29, 1.82) is 0 Å². The maximum atomic E-state index is 13.0. The first kappa shape index (κ1) is 22.1. The lowest BCUT2D eigenvalue weighted by Crippen LogP contribution is -2.45. The van der Waals surface area contributed by atoms with Gasteiger partial charge in [-0.2, -0.15) is 4.79 Å². The van der Waals surface area contributed by atoms with Gasteiger partial charge in [0.1, 0.15) is 11.9 Å². The lowest BCUT2D eigenvalue weighted by molar-refractivity contribution is -0.153. The topological polar surface area (TPSA) is 131 Å². The Morgan fingerprint density at radius 1 is 1.37 bits per heavy atom. The molecule has 1 aromatic heterocycles. The monoisotopic (exact) mass is 380 g/mol. The first-order valence-electron chi connectivity index (χ1n) is 8.13. The molecule has 0 unspecified atom stereocenters. The summed E-state index contributed by atoms with van der Waals surface area (Å²) in [6, 6.07) is 1.28. The van der Waals surface area contributed by atoms with E-state index in [9.17, 15) is 18.8 Å². The number of pyridine rings is 1. The Morgan fingerprint density at radius 3 is 2.59 bits per heavy atom. The van der Waals surface area contributed by atoms with Crippen LogP contribution in [0.5, 0.6) is 0 Å². The van der Waals surface area contributed by atoms with Crippen LogP contribution in [0.1, 0.15) is 38.5 Å². The second-order valence-electron chi connectivity index (χ2n) is 5.81. The molecule has 2 atom stereocenters. The largest absolute Gasteiger partial charge is 0.461 e. The molecule has 0 aliphatic carbocycles. The van der Waals surface area contributed by atoms with Crippen molar-refractivity contribution in [3.63, 3.8) is 0 Å². The number of halogens is 1. The van der Waals surface area contributed by atoms with Crippen LogP contribution in [-0.4, -0.2) is 52.9 Å². The lowest BCUT2D eigenvalue weighted by atomic mass is 10.1. The number of nitrogens with zero attached hydrogens (tertiary/aromatic N) is 3. The van der Waals surface area contributed by atoms with E-state index in [1.165, 1.54) is 13.2 Å². The highest BCUT2D eigenvalue weighted by Crippen LogP contribution is 2.15. The molecular weight excluding hydrogens is 359 g/mol. The van der Waals surface area contributed by atoms with Gasteiger partial charge in [0.25, 0.3) is 5.91 Å². The smallest absolute Gasteiger partial charge is 0.328 e. The SMILES string of the molecule is CO[C@@H](C(=O)N[C@@H](CCC(=O)C=[N+]=[N-])C(=O)OC(C)C)c1ccc(F)cn1. The number of esters is 1. The van der Waals surface area contributed by atoms with Crippen molar-refractivity contribution in [2.75, 3.05) is 7.11 Å². The molecule has 0 bridgehead atoms. The van der Waals surface area contributed by atoms with Gasteiger partial charge in [0, 0.05) is 13.5 Å². The van der Waals surface area contributed by atoms with Gasteiger partial charge in [0.15, 0.2) is 6.10 Å². The van der Waals surface area contributed by atoms with Gasteiger partial charge in [0.2, 0.25) is 5.78 Å². The van der Waals surface area contributed by atoms with Crippen LogP contribution in [0.25, 0.3) is 5.53 Å². The van der Waals surface area contributed by atoms with Crippen LogP contribution in [-0.2, 0) is 23.9 Å². The molecule has 27 heavy (non-hydrogen) atoms. The quantitative estimate of drug-likeness (QED) is 0.279. The fourth-order valence-electron chi connectivity index (χ4n) is 2.13. The summed E-state index contributed by atoms with van der Waals surface area (Å²) in [5.41, 5.74) is 8.51. The molecule has 0 fully saturated rings. The highest BCUT2D eigenvalue weighted by Gasteiger charge is 2.29. The Kier molecular flexibility index (Phi) is 8.91. The molecule has 9 nitrogen and oxygen atoms in total. The Hall–Kier alpha value is -2.97. The first-order valence-corrected chi connectivity index (χ1v) is 8.13. The molecule has 1 heterocycles. The van der Waals surface area contributed by atoms with Crippen LogP contribution in [0, 0.1) is 5.82 Å². The summed E-state index contributed by atoms with van der Waals surface area (Å²) < 4.78 is 23.2. The minimum atomic E-state index is -1.19. The molecule has 0 radical (unpaired) electrons. The first-order chi connectivity index (χ1) is 12.8. The van der Waals surface area contributed by atoms with E-state index in [2.05, 4.69) is 15.1 Å². The number of carbonyl (C=O) groups is 3. The van der Waals surface area contributed by atoms with Crippen LogP contribution in [0.4, 0.5) is 4.39 Å². The zero-order valence-corrected chi connectivity index (χ0v) is 15.2. The van der Waals surface area contributed by atoms with Crippen LogP contribution < -0.4 is 5.32 Å². The summed E-state index contributed by atoms with van der Waals surface area (Å²) in [5, 5.41) is 2.45. The van der Waals surface area contributed by atoms with Gasteiger partial charge in [-0.25, -0.2) is 9.18 Å². The van der Waals surface area contributed by atoms with Crippen molar-refractivity contribution < 1.29 is 33.0 Å². The van der Waals surface area contributed by atoms with E-state index in [1.807, 2.05) is 0 Å². The van der Waals surface area contributed by atoms with Crippen molar-refractivity contribution in [3.8, 4) is 0 Å². The summed E-state index contributed by atoms with van der Waals surface area (Å²) in [7, 11) is 1.26. The Morgan fingerprint density at radius 2 is 2.07 bits per heavy atom. The summed E-state index contributed by atoms with van der Waals surface area (Å²) in [6.07, 6.45) is -0.207. The minimum absolute atomic E-state index is 0.0740. The van der Waals surface area contributed by atoms with E-state index in [0.29, 0.717) is 6.21 Å². The van der Waals surface area contributed by atoms with Crippen LogP contribution in [0.3, 0.4) is 0 Å². The summed E-state index contributed by atoms with van der Waals surface area (Å²) in [5.74, 6) is -2.53. The summed E-state index contributed by atoms with van der Waals surface area (Å²) >= 11 is 0. The fraction of sp³-hybridized carbons (Fsp3) is 0.471. The molecule has 1 rings (SSSR count). The molecule has 0 aliphatic heterocycles. The minimum Gasteiger partial charge on any atom is -0.461 e. The van der Waals surface area contributed by atoms with Crippen molar-refractivity contribution in [2.24, 2.45) is 0 Å². The van der Waals surface area contributed by atoms with E-state index in [4.69, 9.17) is 15.0 Å². The van der Waals surface area contributed by atoms with Gasteiger partial charge >= 0.3 is 12.2 Å². The summed E-state index contributed by atoms with van der Waals surface area (Å²) in [4.78, 5) is 42.6. The zero-order chi connectivity index (χ0) is 20.4. The van der Waals surface area contributed by atoms with E-state index >= 15 is 0 Å². The molecule has 0 aliphatic rings. The van der Waals surface area contributed by atoms with E-state index < -0.39 is 41.7 Å². The second kappa shape index (κ2) is 10.9. The zero-order valence-electron chi connectivity index (χ0n) is 15.2. The highest BCUT2D eigenvalue weighted by molar-refractivity contribution is 6.25. The van der Waals surface area contributed by atoms with Gasteiger partial charge in [-0.1, -0.05) is 0 Å². The average Bonchev–Trinajstić information content (AvgIpc) is 2.60. The standard InChI is InChI=1S/C17H21FN4O5/c1-10(2)27-17(25)14(7-5-12(23)9-21-19)22-16(24)15(26-3)13-6-4-11(18)8-20-13/h4,6,8-10,14-15H,5,7H2,1-3H3,(H,22,24)/t14-,15+/m0/s1. The van der Waals surface area contributed by atoms with Gasteiger partial charge in [0.05, 0.1) is 18.0 Å². The van der Waals surface area contributed by atoms with Crippen LogP contribution >= 0.6 is 0 Å². The predicted octanol–water partition coefficient (Wildman–Crippen LogP) is 0.994. The average molecular weight is 380 g/mol. The van der Waals surface area contributed by atoms with Crippen molar-refractivity contribution in [3.05, 3.63) is 35.4 Å². The predicted molar refractivity (Wildman–Crippen MR) is 91.0 cm³/mol. The van der Waals surface area contributed by atoms with Gasteiger partial charge in [-0.15, -0.1) is 0 Å². The molecule has 10 heteroatoms. The normalized spacial score (nSPS) is 12.6. The molecule has 1 N–H and O–H groups in total. The number of rotatable bonds is 10. The van der Waals surface area contributed by atoms with Crippen LogP contribution in [0.2, 0.25) is 0 Å². The molecule has 0 saturated heterocycles. The number of amides is 1. The Balaban J connectivity index is 2.91. The number of methoxy groups -OCH3 is 1. The number of hydrogen-bond donors (Lipinski definition) is 1. The number of Topliss-reactive ketones (excluding diaryl/α,β-unsaturated/α-hetero) is 1. The third-order valence-electron chi connectivity index (χ3n) is 3.33. The number of hydrogen-bond acceptors (Lipinski definition) is 6. The fourth-order valence-corrected chi connectivity index (χ4v) is 2.13. The van der Waals surface area contributed by atoms with E-state index in [0.717, 1.165) is 12.3 Å². The van der Waals surface area contributed by atoms with Crippen LogP contribution in [0.15, 0.2) is 18.3 Å². The molecule has 0 aromatic carbocycles. The number of nitrogens with one attached hydrogen (secondary N) is 1. The Bertz CT molecular complexity index is 717. The van der Waals surface area contributed by atoms with E-state index in [1.54, 1.807) is 13.8 Å². The molecule has 146 valence electrons. The lowest BCUT2D eigenvalue weighted by Gasteiger charge is -2.21. The number of ketones is 1. The molecule has 1 amide bonds.